The Morgan fingerprint density at radius 2 is 1.80 bits per heavy atom. The molecule has 1 aliphatic rings. The van der Waals surface area contributed by atoms with Crippen molar-refractivity contribution in [1.82, 2.24) is 15.0 Å². The van der Waals surface area contributed by atoms with Crippen molar-refractivity contribution in [3.63, 3.8) is 0 Å². The maximum atomic E-state index is 6.15. The summed E-state index contributed by atoms with van der Waals surface area (Å²) in [6, 6.07) is 8.44. The first-order valence-corrected chi connectivity index (χ1v) is 8.61. The molecule has 6 nitrogen and oxygen atoms in total. The molecule has 2 aromatic heterocycles. The normalized spacial score (nSPS) is 20.4. The molecule has 128 valence electrons. The van der Waals surface area contributed by atoms with Crippen LogP contribution >= 0.6 is 0 Å². The van der Waals surface area contributed by atoms with Crippen molar-refractivity contribution in [1.29, 1.82) is 0 Å². The van der Waals surface area contributed by atoms with Gasteiger partial charge in [-0.2, -0.15) is 0 Å². The van der Waals surface area contributed by atoms with Gasteiger partial charge in [-0.25, -0.2) is 9.97 Å². The number of aromatic nitrogens is 3. The lowest BCUT2D eigenvalue weighted by Crippen LogP contribution is -2.31. The average Bonchev–Trinajstić information content (AvgIpc) is 2.64. The number of nitrogens with zero attached hydrogens (tertiary/aromatic N) is 3. The van der Waals surface area contributed by atoms with E-state index in [0.717, 1.165) is 48.0 Å². The van der Waals surface area contributed by atoms with Crippen LogP contribution in [0.1, 0.15) is 25.7 Å². The van der Waals surface area contributed by atoms with Crippen molar-refractivity contribution in [2.24, 2.45) is 5.73 Å². The molecule has 6 heteroatoms. The van der Waals surface area contributed by atoms with Crippen LogP contribution in [0.15, 0.2) is 49.1 Å². The summed E-state index contributed by atoms with van der Waals surface area (Å²) < 4.78 is 6.15. The molecule has 0 spiro atoms. The van der Waals surface area contributed by atoms with E-state index in [0.29, 0.717) is 11.9 Å². The third-order valence-electron chi connectivity index (χ3n) is 4.53. The van der Waals surface area contributed by atoms with E-state index >= 15 is 0 Å². The van der Waals surface area contributed by atoms with Gasteiger partial charge in [-0.15, -0.1) is 0 Å². The summed E-state index contributed by atoms with van der Waals surface area (Å²) in [5, 5.41) is 5.31. The molecule has 0 atom stereocenters. The lowest BCUT2D eigenvalue weighted by atomic mass is 9.94. The number of fused-ring (bicyclic) bond motifs is 1. The van der Waals surface area contributed by atoms with Crippen LogP contribution in [0.25, 0.3) is 10.8 Å². The molecule has 1 aliphatic carbocycles. The maximum Gasteiger partial charge on any atom is 0.150 e. The SMILES string of the molecule is N[C@H]1CC[C@@H](Oc2ccc3cnc(Nc4cnccn4)cc3c2)CC1. The van der Waals surface area contributed by atoms with Gasteiger partial charge in [-0.3, -0.25) is 4.98 Å². The monoisotopic (exact) mass is 335 g/mol. The summed E-state index contributed by atoms with van der Waals surface area (Å²) >= 11 is 0. The molecular weight excluding hydrogens is 314 g/mol. The molecule has 3 N–H and O–H groups in total. The van der Waals surface area contributed by atoms with Crippen LogP contribution < -0.4 is 15.8 Å². The summed E-state index contributed by atoms with van der Waals surface area (Å²) in [6.07, 6.45) is 11.2. The van der Waals surface area contributed by atoms with Crippen molar-refractivity contribution in [2.45, 2.75) is 37.8 Å². The van der Waals surface area contributed by atoms with Crippen LogP contribution in [-0.2, 0) is 0 Å². The van der Waals surface area contributed by atoms with E-state index in [9.17, 15) is 0 Å². The highest BCUT2D eigenvalue weighted by Gasteiger charge is 2.19. The summed E-state index contributed by atoms with van der Waals surface area (Å²) in [5.41, 5.74) is 5.97. The van der Waals surface area contributed by atoms with Crippen molar-refractivity contribution < 1.29 is 4.74 Å². The molecule has 0 radical (unpaired) electrons. The van der Waals surface area contributed by atoms with E-state index in [-0.39, 0.29) is 6.10 Å². The van der Waals surface area contributed by atoms with E-state index in [2.05, 4.69) is 26.3 Å². The fourth-order valence-electron chi connectivity index (χ4n) is 3.15. The molecule has 1 aromatic carbocycles. The molecule has 0 aliphatic heterocycles. The molecule has 1 saturated carbocycles. The van der Waals surface area contributed by atoms with Gasteiger partial charge in [0, 0.05) is 30.0 Å². The number of anilines is 2. The summed E-state index contributed by atoms with van der Waals surface area (Å²) in [4.78, 5) is 12.7. The van der Waals surface area contributed by atoms with Crippen LogP contribution in [0.5, 0.6) is 5.75 Å². The minimum Gasteiger partial charge on any atom is -0.490 e. The number of hydrogen-bond acceptors (Lipinski definition) is 6. The standard InChI is InChI=1S/C19H21N5O/c20-15-2-5-16(6-3-15)25-17-4-1-13-11-23-18(10-14(13)9-17)24-19-12-21-7-8-22-19/h1,4,7-12,15-16H,2-3,5-6,20H2,(H,22,23,24)/t15-,16+. The topological polar surface area (TPSA) is 86.0 Å². The Morgan fingerprint density at radius 3 is 2.60 bits per heavy atom. The fourth-order valence-corrected chi connectivity index (χ4v) is 3.15. The van der Waals surface area contributed by atoms with Gasteiger partial charge in [0.05, 0.1) is 12.3 Å². The van der Waals surface area contributed by atoms with Gasteiger partial charge in [0.1, 0.15) is 17.4 Å². The molecule has 0 unspecified atom stereocenters. The predicted molar refractivity (Wildman–Crippen MR) is 97.9 cm³/mol. The van der Waals surface area contributed by atoms with E-state index in [1.807, 2.05) is 24.4 Å². The number of pyridine rings is 1. The van der Waals surface area contributed by atoms with Gasteiger partial charge in [-0.05, 0) is 55.3 Å². The van der Waals surface area contributed by atoms with Crippen molar-refractivity contribution in [3.8, 4) is 5.75 Å². The molecular formula is C19H21N5O. The molecule has 0 amide bonds. The quantitative estimate of drug-likeness (QED) is 0.760. The van der Waals surface area contributed by atoms with Crippen LogP contribution in [0, 0.1) is 0 Å². The highest BCUT2D eigenvalue weighted by atomic mass is 16.5. The Labute approximate surface area is 146 Å². The number of rotatable bonds is 4. The lowest BCUT2D eigenvalue weighted by molar-refractivity contribution is 0.147. The first kappa shape index (κ1) is 15.8. The first-order chi connectivity index (χ1) is 12.3. The Hall–Kier alpha value is -2.73. The summed E-state index contributed by atoms with van der Waals surface area (Å²) in [5.74, 6) is 2.29. The Kier molecular flexibility index (Phi) is 4.43. The minimum atomic E-state index is 0.260. The fraction of sp³-hybridized carbons (Fsp3) is 0.316. The minimum absolute atomic E-state index is 0.260. The zero-order valence-electron chi connectivity index (χ0n) is 13.9. The molecule has 2 heterocycles. The van der Waals surface area contributed by atoms with Gasteiger partial charge in [0.25, 0.3) is 0 Å². The third kappa shape index (κ3) is 3.85. The highest BCUT2D eigenvalue weighted by molar-refractivity contribution is 5.85. The number of nitrogens with two attached hydrogens (primary N) is 1. The average molecular weight is 335 g/mol. The van der Waals surface area contributed by atoms with E-state index in [1.54, 1.807) is 18.6 Å². The molecule has 0 saturated heterocycles. The van der Waals surface area contributed by atoms with E-state index in [1.165, 1.54) is 0 Å². The van der Waals surface area contributed by atoms with Crippen molar-refractivity contribution in [2.75, 3.05) is 5.32 Å². The molecule has 25 heavy (non-hydrogen) atoms. The Balaban J connectivity index is 1.52. The van der Waals surface area contributed by atoms with Gasteiger partial charge in [0.2, 0.25) is 0 Å². The highest BCUT2D eigenvalue weighted by Crippen LogP contribution is 2.27. The number of hydrogen-bond donors (Lipinski definition) is 2. The van der Waals surface area contributed by atoms with E-state index < -0.39 is 0 Å². The van der Waals surface area contributed by atoms with Crippen LogP contribution in [0.2, 0.25) is 0 Å². The second kappa shape index (κ2) is 7.03. The summed E-state index contributed by atoms with van der Waals surface area (Å²) in [6.45, 7) is 0. The molecule has 3 aromatic rings. The smallest absolute Gasteiger partial charge is 0.150 e. The van der Waals surface area contributed by atoms with Gasteiger partial charge >= 0.3 is 0 Å². The van der Waals surface area contributed by atoms with Gasteiger partial charge < -0.3 is 15.8 Å². The number of benzene rings is 1. The van der Waals surface area contributed by atoms with Crippen LogP contribution in [0.4, 0.5) is 11.6 Å². The third-order valence-corrected chi connectivity index (χ3v) is 4.53. The van der Waals surface area contributed by atoms with Crippen LogP contribution in [-0.4, -0.2) is 27.1 Å². The van der Waals surface area contributed by atoms with Crippen molar-refractivity contribution >= 4 is 22.4 Å². The first-order valence-electron chi connectivity index (χ1n) is 8.61. The molecule has 4 rings (SSSR count). The van der Waals surface area contributed by atoms with Gasteiger partial charge in [-0.1, -0.05) is 0 Å². The lowest BCUT2D eigenvalue weighted by Gasteiger charge is -2.26. The second-order valence-electron chi connectivity index (χ2n) is 6.45. The molecule has 1 fully saturated rings. The van der Waals surface area contributed by atoms with E-state index in [4.69, 9.17) is 10.5 Å². The molecule has 0 bridgehead atoms. The largest absolute Gasteiger partial charge is 0.490 e. The summed E-state index contributed by atoms with van der Waals surface area (Å²) in [7, 11) is 0. The predicted octanol–water partition coefficient (Wildman–Crippen LogP) is 3.42. The zero-order valence-corrected chi connectivity index (χ0v) is 13.9. The van der Waals surface area contributed by atoms with Gasteiger partial charge in [0.15, 0.2) is 0 Å². The Morgan fingerprint density at radius 1 is 0.920 bits per heavy atom. The van der Waals surface area contributed by atoms with Crippen LogP contribution in [0.3, 0.4) is 0 Å². The number of ether oxygens (including phenoxy) is 1. The zero-order chi connectivity index (χ0) is 17.1. The number of nitrogens with one attached hydrogen (secondary N) is 1. The second-order valence-corrected chi connectivity index (χ2v) is 6.45. The maximum absolute atomic E-state index is 6.15. The Bertz CT molecular complexity index is 847. The van der Waals surface area contributed by atoms with Crippen molar-refractivity contribution in [3.05, 3.63) is 49.1 Å².